The fraction of sp³-hybridized carbons (Fsp3) is 1.00. The van der Waals surface area contributed by atoms with E-state index in [-0.39, 0.29) is 17.6 Å². The monoisotopic (exact) mass is 336 g/mol. The van der Waals surface area contributed by atoms with Crippen LogP contribution in [-0.4, -0.2) is 36.1 Å². The van der Waals surface area contributed by atoms with Crippen LogP contribution in [0.1, 0.15) is 65.2 Å². The van der Waals surface area contributed by atoms with Crippen LogP contribution >= 0.6 is 0 Å². The number of hydrogen-bond acceptors (Lipinski definition) is 3. The zero-order chi connectivity index (χ0) is 17.1. The van der Waals surface area contributed by atoms with Crippen molar-refractivity contribution in [1.29, 1.82) is 0 Å². The molecule has 0 spiro atoms. The van der Waals surface area contributed by atoms with Crippen molar-refractivity contribution >= 4 is 0 Å². The lowest BCUT2D eigenvalue weighted by atomic mass is 9.44. The average molecular weight is 337 g/mol. The van der Waals surface area contributed by atoms with Gasteiger partial charge in [-0.15, -0.1) is 0 Å². The zero-order valence-electron chi connectivity index (χ0n) is 15.7. The lowest BCUT2D eigenvalue weighted by molar-refractivity contribution is -0.153. The molecule has 0 aliphatic heterocycles. The van der Waals surface area contributed by atoms with Crippen molar-refractivity contribution in [3.8, 4) is 0 Å². The fourth-order valence-electron chi connectivity index (χ4n) is 7.78. The summed E-state index contributed by atoms with van der Waals surface area (Å²) in [5.41, 5.74) is 0.532. The molecule has 0 saturated heterocycles. The van der Waals surface area contributed by atoms with Gasteiger partial charge in [0, 0.05) is 13.0 Å². The maximum atomic E-state index is 10.6. The van der Waals surface area contributed by atoms with Crippen LogP contribution in [0.5, 0.6) is 0 Å². The predicted octanol–water partition coefficient (Wildman–Crippen LogP) is 3.62. The van der Waals surface area contributed by atoms with Gasteiger partial charge >= 0.3 is 0 Å². The van der Waals surface area contributed by atoms with Gasteiger partial charge in [0.15, 0.2) is 0 Å². The van der Waals surface area contributed by atoms with Crippen molar-refractivity contribution in [2.75, 3.05) is 13.7 Å². The first-order chi connectivity index (χ1) is 11.4. The predicted molar refractivity (Wildman–Crippen MR) is 94.5 cm³/mol. The lowest BCUT2D eigenvalue weighted by Gasteiger charge is -2.61. The van der Waals surface area contributed by atoms with Crippen LogP contribution in [-0.2, 0) is 4.74 Å². The number of hydrogen-bond donors (Lipinski definition) is 2. The molecule has 4 aliphatic rings. The highest BCUT2D eigenvalue weighted by Crippen LogP contribution is 2.66. The second kappa shape index (κ2) is 5.96. The van der Waals surface area contributed by atoms with E-state index in [1.807, 2.05) is 0 Å². The highest BCUT2D eigenvalue weighted by atomic mass is 16.5. The number of aliphatic hydroxyl groups is 2. The highest BCUT2D eigenvalue weighted by Gasteiger charge is 2.60. The second-order valence-corrected chi connectivity index (χ2v) is 10.0. The topological polar surface area (TPSA) is 49.7 Å². The molecule has 0 radical (unpaired) electrons. The van der Waals surface area contributed by atoms with Crippen LogP contribution in [0.3, 0.4) is 0 Å². The lowest BCUT2D eigenvalue weighted by Crippen LogP contribution is -2.56. The molecule has 2 N–H and O–H groups in total. The molecular weight excluding hydrogens is 300 g/mol. The molecule has 3 nitrogen and oxygen atoms in total. The van der Waals surface area contributed by atoms with E-state index in [1.54, 1.807) is 7.11 Å². The zero-order valence-corrected chi connectivity index (χ0v) is 15.7. The molecular formula is C21H36O3. The minimum absolute atomic E-state index is 0.0802. The van der Waals surface area contributed by atoms with E-state index in [9.17, 15) is 10.2 Å². The molecule has 0 aromatic rings. The van der Waals surface area contributed by atoms with E-state index < -0.39 is 0 Å². The van der Waals surface area contributed by atoms with Crippen LogP contribution in [0.25, 0.3) is 0 Å². The first-order valence-electron chi connectivity index (χ1n) is 10.2. The highest BCUT2D eigenvalue weighted by molar-refractivity contribution is 5.10. The Kier molecular flexibility index (Phi) is 4.29. The molecule has 4 fully saturated rings. The third-order valence-corrected chi connectivity index (χ3v) is 9.17. The Bertz CT molecular complexity index is 480. The molecule has 0 amide bonds. The van der Waals surface area contributed by atoms with Gasteiger partial charge in [-0.3, -0.25) is 0 Å². The molecule has 0 bridgehead atoms. The smallest absolute Gasteiger partial charge is 0.0596 e. The Hall–Kier alpha value is -0.120. The van der Waals surface area contributed by atoms with Gasteiger partial charge in [0.25, 0.3) is 0 Å². The Morgan fingerprint density at radius 2 is 1.71 bits per heavy atom. The fourth-order valence-corrected chi connectivity index (χ4v) is 7.78. The third kappa shape index (κ3) is 2.34. The standard InChI is InChI=1S/C21H36O3/c1-20-9-8-17-15(16(20)6-7-19(20)23)5-4-14-10-18(22)13(12-24-3)11-21(14,17)2/h13-19,22-23H,4-12H2,1-3H3/t13-,14+,15+,16+,17+,18-,19-,20+,21+/m1/s1. The summed E-state index contributed by atoms with van der Waals surface area (Å²) >= 11 is 0. The molecule has 4 aliphatic carbocycles. The Morgan fingerprint density at radius 3 is 2.46 bits per heavy atom. The maximum absolute atomic E-state index is 10.6. The summed E-state index contributed by atoms with van der Waals surface area (Å²) in [4.78, 5) is 0. The van der Waals surface area contributed by atoms with Crippen LogP contribution < -0.4 is 0 Å². The summed E-state index contributed by atoms with van der Waals surface area (Å²) in [5.74, 6) is 3.28. The molecule has 4 saturated carbocycles. The van der Waals surface area contributed by atoms with E-state index in [1.165, 1.54) is 32.1 Å². The summed E-state index contributed by atoms with van der Waals surface area (Å²) in [7, 11) is 1.76. The maximum Gasteiger partial charge on any atom is 0.0596 e. The van der Waals surface area contributed by atoms with Gasteiger partial charge in [-0.25, -0.2) is 0 Å². The van der Waals surface area contributed by atoms with Crippen molar-refractivity contribution in [3.63, 3.8) is 0 Å². The van der Waals surface area contributed by atoms with Gasteiger partial charge in [-0.2, -0.15) is 0 Å². The van der Waals surface area contributed by atoms with Crippen LogP contribution in [0, 0.1) is 40.4 Å². The summed E-state index contributed by atoms with van der Waals surface area (Å²) in [6, 6.07) is 0. The Morgan fingerprint density at radius 1 is 0.958 bits per heavy atom. The van der Waals surface area contributed by atoms with Gasteiger partial charge < -0.3 is 14.9 Å². The first-order valence-corrected chi connectivity index (χ1v) is 10.2. The molecule has 0 aromatic heterocycles. The normalized spacial score (nSPS) is 57.1. The van der Waals surface area contributed by atoms with E-state index in [0.717, 1.165) is 37.0 Å². The first kappa shape index (κ1) is 17.3. The van der Waals surface area contributed by atoms with E-state index >= 15 is 0 Å². The number of fused-ring (bicyclic) bond motifs is 5. The van der Waals surface area contributed by atoms with E-state index in [0.29, 0.717) is 23.9 Å². The summed E-state index contributed by atoms with van der Waals surface area (Å²) < 4.78 is 5.42. The molecule has 9 atom stereocenters. The Labute approximate surface area is 147 Å². The molecule has 4 rings (SSSR count). The van der Waals surface area contributed by atoms with Crippen LogP contribution in [0.4, 0.5) is 0 Å². The Balaban J connectivity index is 1.60. The van der Waals surface area contributed by atoms with Crippen molar-refractivity contribution in [2.45, 2.75) is 77.4 Å². The summed E-state index contributed by atoms with van der Waals surface area (Å²) in [6.45, 7) is 5.58. The molecule has 24 heavy (non-hydrogen) atoms. The summed E-state index contributed by atoms with van der Waals surface area (Å²) in [6.07, 6.45) is 9.14. The van der Waals surface area contributed by atoms with Crippen molar-refractivity contribution in [1.82, 2.24) is 0 Å². The minimum atomic E-state index is -0.179. The quantitative estimate of drug-likeness (QED) is 0.810. The average Bonchev–Trinajstić information content (AvgIpc) is 2.85. The van der Waals surface area contributed by atoms with E-state index in [4.69, 9.17) is 4.74 Å². The van der Waals surface area contributed by atoms with Crippen LogP contribution in [0.15, 0.2) is 0 Å². The van der Waals surface area contributed by atoms with Crippen molar-refractivity contribution < 1.29 is 14.9 Å². The minimum Gasteiger partial charge on any atom is -0.393 e. The number of methoxy groups -OCH3 is 1. The van der Waals surface area contributed by atoms with Gasteiger partial charge in [0.2, 0.25) is 0 Å². The molecule has 0 aromatic carbocycles. The van der Waals surface area contributed by atoms with Gasteiger partial charge in [0.05, 0.1) is 18.8 Å². The van der Waals surface area contributed by atoms with Crippen molar-refractivity contribution in [3.05, 3.63) is 0 Å². The van der Waals surface area contributed by atoms with Gasteiger partial charge in [-0.1, -0.05) is 13.8 Å². The SMILES string of the molecule is COC[C@H]1C[C@@]2(C)[C@@H](CC[C@@H]3[C@@H]2CC[C@]2(C)[C@H](O)CC[C@@H]32)C[C@H]1O. The second-order valence-electron chi connectivity index (χ2n) is 10.0. The molecule has 0 heterocycles. The van der Waals surface area contributed by atoms with Gasteiger partial charge in [-0.05, 0) is 85.9 Å². The molecule has 0 unspecified atom stereocenters. The molecule has 3 heteroatoms. The van der Waals surface area contributed by atoms with Gasteiger partial charge in [0.1, 0.15) is 0 Å². The number of aliphatic hydroxyl groups excluding tert-OH is 2. The molecule has 138 valence electrons. The summed E-state index contributed by atoms with van der Waals surface area (Å²) in [5, 5.41) is 21.1. The van der Waals surface area contributed by atoms with Crippen molar-refractivity contribution in [2.24, 2.45) is 40.4 Å². The number of ether oxygens (including phenoxy) is 1. The largest absolute Gasteiger partial charge is 0.393 e. The van der Waals surface area contributed by atoms with Crippen LogP contribution in [0.2, 0.25) is 0 Å². The van der Waals surface area contributed by atoms with E-state index in [2.05, 4.69) is 13.8 Å². The third-order valence-electron chi connectivity index (χ3n) is 9.17. The number of rotatable bonds is 2.